The van der Waals surface area contributed by atoms with Crippen molar-refractivity contribution in [3.63, 3.8) is 0 Å². The van der Waals surface area contributed by atoms with Gasteiger partial charge in [0, 0.05) is 0 Å². The van der Waals surface area contributed by atoms with E-state index >= 15 is 0 Å². The third-order valence-electron chi connectivity index (χ3n) is 1.73. The molecule has 0 radical (unpaired) electrons. The summed E-state index contributed by atoms with van der Waals surface area (Å²) in [6.45, 7) is 1.99. The van der Waals surface area contributed by atoms with Gasteiger partial charge in [0.25, 0.3) is 0 Å². The molecule has 2 N–H and O–H groups in total. The van der Waals surface area contributed by atoms with Gasteiger partial charge in [0.05, 0.1) is 4.88 Å². The first kappa shape index (κ1) is 8.59. The number of aryl methyl sites for hydroxylation is 1. The standard InChI is InChI=1S/C8H7ClN2OS/c1-4-2-3-13-7(4)6-5(9)8(10)11-12-6/h2-3H,1H3,(H2,10,11). The van der Waals surface area contributed by atoms with Crippen molar-refractivity contribution in [1.29, 1.82) is 0 Å². The minimum absolute atomic E-state index is 0.240. The van der Waals surface area contributed by atoms with E-state index in [4.69, 9.17) is 21.9 Å². The first-order chi connectivity index (χ1) is 6.20. The number of anilines is 1. The fourth-order valence-electron chi connectivity index (χ4n) is 1.04. The molecular weight excluding hydrogens is 208 g/mol. The minimum Gasteiger partial charge on any atom is -0.380 e. The molecule has 5 heteroatoms. The Morgan fingerprint density at radius 2 is 2.38 bits per heavy atom. The maximum absolute atomic E-state index is 5.90. The Hall–Kier alpha value is -1.00. The van der Waals surface area contributed by atoms with Gasteiger partial charge in [0.15, 0.2) is 11.6 Å². The minimum atomic E-state index is 0.240. The summed E-state index contributed by atoms with van der Waals surface area (Å²) in [6.07, 6.45) is 0. The Bertz CT molecular complexity index is 435. The number of rotatable bonds is 1. The van der Waals surface area contributed by atoms with Gasteiger partial charge in [-0.25, -0.2) is 0 Å². The molecule has 2 aromatic rings. The van der Waals surface area contributed by atoms with Gasteiger partial charge < -0.3 is 10.3 Å². The molecule has 0 aliphatic heterocycles. The van der Waals surface area contributed by atoms with E-state index in [1.807, 2.05) is 18.4 Å². The summed E-state index contributed by atoms with van der Waals surface area (Å²) in [5.74, 6) is 0.802. The molecule has 0 saturated heterocycles. The van der Waals surface area contributed by atoms with E-state index in [1.54, 1.807) is 11.3 Å². The number of hydrogen-bond donors (Lipinski definition) is 1. The fourth-order valence-corrected chi connectivity index (χ4v) is 2.17. The number of halogens is 1. The molecule has 0 fully saturated rings. The van der Waals surface area contributed by atoms with Crippen LogP contribution in [0.4, 0.5) is 5.82 Å². The molecule has 0 bridgehead atoms. The van der Waals surface area contributed by atoms with Crippen LogP contribution in [0.15, 0.2) is 16.0 Å². The number of nitrogens with zero attached hydrogens (tertiary/aromatic N) is 1. The molecule has 0 saturated carbocycles. The zero-order valence-corrected chi connectivity index (χ0v) is 8.45. The normalized spacial score (nSPS) is 10.6. The average molecular weight is 215 g/mol. The van der Waals surface area contributed by atoms with E-state index in [0.717, 1.165) is 10.4 Å². The van der Waals surface area contributed by atoms with Crippen molar-refractivity contribution >= 4 is 28.8 Å². The van der Waals surface area contributed by atoms with Gasteiger partial charge in [0.2, 0.25) is 0 Å². The Balaban J connectivity index is 2.59. The van der Waals surface area contributed by atoms with Crippen LogP contribution in [0.5, 0.6) is 0 Å². The van der Waals surface area contributed by atoms with Gasteiger partial charge >= 0.3 is 0 Å². The van der Waals surface area contributed by atoms with Crippen molar-refractivity contribution in [2.24, 2.45) is 0 Å². The highest BCUT2D eigenvalue weighted by Crippen LogP contribution is 2.36. The third-order valence-corrected chi connectivity index (χ3v) is 3.11. The lowest BCUT2D eigenvalue weighted by molar-refractivity contribution is 0.436. The second-order valence-electron chi connectivity index (χ2n) is 2.64. The van der Waals surface area contributed by atoms with Crippen LogP contribution < -0.4 is 5.73 Å². The molecule has 0 atom stereocenters. The van der Waals surface area contributed by atoms with Gasteiger partial charge in [-0.2, -0.15) is 0 Å². The quantitative estimate of drug-likeness (QED) is 0.794. The van der Waals surface area contributed by atoms with Crippen molar-refractivity contribution in [2.45, 2.75) is 6.92 Å². The highest BCUT2D eigenvalue weighted by atomic mass is 35.5. The van der Waals surface area contributed by atoms with Crippen LogP contribution >= 0.6 is 22.9 Å². The summed E-state index contributed by atoms with van der Waals surface area (Å²) < 4.78 is 5.02. The van der Waals surface area contributed by atoms with E-state index in [9.17, 15) is 0 Å². The Kier molecular flexibility index (Phi) is 2.01. The summed E-state index contributed by atoms with van der Waals surface area (Å²) >= 11 is 7.45. The molecule has 3 nitrogen and oxygen atoms in total. The molecule has 68 valence electrons. The maximum atomic E-state index is 5.90. The summed E-state index contributed by atoms with van der Waals surface area (Å²) in [7, 11) is 0. The van der Waals surface area contributed by atoms with E-state index in [1.165, 1.54) is 0 Å². The van der Waals surface area contributed by atoms with Crippen molar-refractivity contribution in [3.8, 4) is 10.6 Å². The summed E-state index contributed by atoms with van der Waals surface area (Å²) in [4.78, 5) is 0.981. The molecule has 2 aromatic heterocycles. The molecule has 13 heavy (non-hydrogen) atoms. The van der Waals surface area contributed by atoms with Crippen LogP contribution in [-0.4, -0.2) is 5.16 Å². The van der Waals surface area contributed by atoms with Gasteiger partial charge in [-0.1, -0.05) is 16.8 Å². The van der Waals surface area contributed by atoms with E-state index in [-0.39, 0.29) is 5.82 Å². The Morgan fingerprint density at radius 3 is 2.85 bits per heavy atom. The lowest BCUT2D eigenvalue weighted by Gasteiger charge is -1.92. The number of nitrogens with two attached hydrogens (primary N) is 1. The lowest BCUT2D eigenvalue weighted by atomic mass is 10.2. The molecule has 0 unspecified atom stereocenters. The zero-order chi connectivity index (χ0) is 9.42. The first-order valence-corrected chi connectivity index (χ1v) is 4.91. The largest absolute Gasteiger partial charge is 0.380 e. The van der Waals surface area contributed by atoms with Crippen LogP contribution in [0.2, 0.25) is 5.02 Å². The second kappa shape index (κ2) is 3.05. The van der Waals surface area contributed by atoms with Gasteiger partial charge in [-0.05, 0) is 23.9 Å². The summed E-state index contributed by atoms with van der Waals surface area (Å²) in [6, 6.07) is 2.00. The van der Waals surface area contributed by atoms with Crippen molar-refractivity contribution in [1.82, 2.24) is 5.16 Å². The van der Waals surface area contributed by atoms with Gasteiger partial charge in [0.1, 0.15) is 5.02 Å². The monoisotopic (exact) mass is 214 g/mol. The third kappa shape index (κ3) is 1.32. The SMILES string of the molecule is Cc1ccsc1-c1onc(N)c1Cl. The van der Waals surface area contributed by atoms with E-state index in [2.05, 4.69) is 5.16 Å². The zero-order valence-electron chi connectivity index (χ0n) is 6.87. The number of thiophene rings is 1. The highest BCUT2D eigenvalue weighted by molar-refractivity contribution is 7.13. The molecule has 0 aliphatic rings. The van der Waals surface area contributed by atoms with Crippen LogP contribution in [0.25, 0.3) is 10.6 Å². The molecule has 0 amide bonds. The molecule has 0 aliphatic carbocycles. The van der Waals surface area contributed by atoms with Crippen molar-refractivity contribution < 1.29 is 4.52 Å². The molecule has 2 heterocycles. The smallest absolute Gasteiger partial charge is 0.197 e. The number of aromatic nitrogens is 1. The molecule has 2 rings (SSSR count). The lowest BCUT2D eigenvalue weighted by Crippen LogP contribution is -1.82. The van der Waals surface area contributed by atoms with Gasteiger partial charge in [-0.15, -0.1) is 11.3 Å². The van der Waals surface area contributed by atoms with Crippen LogP contribution in [0, 0.1) is 6.92 Å². The first-order valence-electron chi connectivity index (χ1n) is 3.65. The number of nitrogen functional groups attached to an aromatic ring is 1. The van der Waals surface area contributed by atoms with Crippen LogP contribution in [0.3, 0.4) is 0 Å². The summed E-state index contributed by atoms with van der Waals surface area (Å²) in [5.41, 5.74) is 6.58. The van der Waals surface area contributed by atoms with Crippen LogP contribution in [-0.2, 0) is 0 Å². The Labute approximate surface area is 84.1 Å². The molecular formula is C8H7ClN2OS. The van der Waals surface area contributed by atoms with Crippen molar-refractivity contribution in [2.75, 3.05) is 5.73 Å². The van der Waals surface area contributed by atoms with Crippen molar-refractivity contribution in [3.05, 3.63) is 22.0 Å². The summed E-state index contributed by atoms with van der Waals surface area (Å²) in [5, 5.41) is 5.96. The van der Waals surface area contributed by atoms with E-state index < -0.39 is 0 Å². The molecule has 0 spiro atoms. The predicted octanol–water partition coefficient (Wildman–Crippen LogP) is 2.95. The Morgan fingerprint density at radius 1 is 1.62 bits per heavy atom. The second-order valence-corrected chi connectivity index (χ2v) is 3.94. The van der Waals surface area contributed by atoms with Gasteiger partial charge in [-0.3, -0.25) is 0 Å². The number of hydrogen-bond acceptors (Lipinski definition) is 4. The predicted molar refractivity (Wildman–Crippen MR) is 54.0 cm³/mol. The molecule has 0 aromatic carbocycles. The van der Waals surface area contributed by atoms with Crippen LogP contribution in [0.1, 0.15) is 5.56 Å². The fraction of sp³-hybridized carbons (Fsp3) is 0.125. The average Bonchev–Trinajstić information content (AvgIpc) is 2.62. The maximum Gasteiger partial charge on any atom is 0.197 e. The topological polar surface area (TPSA) is 52.0 Å². The van der Waals surface area contributed by atoms with E-state index in [0.29, 0.717) is 10.8 Å². The highest BCUT2D eigenvalue weighted by Gasteiger charge is 2.16.